The highest BCUT2D eigenvalue weighted by molar-refractivity contribution is 5.34. The van der Waals surface area contributed by atoms with Crippen LogP contribution in [0.25, 0.3) is 0 Å². The summed E-state index contributed by atoms with van der Waals surface area (Å²) in [6.07, 6.45) is 5.20. The van der Waals surface area contributed by atoms with Crippen LogP contribution in [0.5, 0.6) is 6.01 Å². The highest BCUT2D eigenvalue weighted by Gasteiger charge is 2.15. The average Bonchev–Trinajstić information content (AvgIpc) is 2.88. The second-order valence-electron chi connectivity index (χ2n) is 5.11. The molecule has 1 fully saturated rings. The summed E-state index contributed by atoms with van der Waals surface area (Å²) in [5.41, 5.74) is 2.43. The lowest BCUT2D eigenvalue weighted by Crippen LogP contribution is -2.18. The van der Waals surface area contributed by atoms with E-state index in [9.17, 15) is 0 Å². The van der Waals surface area contributed by atoms with E-state index in [-0.39, 0.29) is 12.1 Å². The summed E-state index contributed by atoms with van der Waals surface area (Å²) in [6.45, 7) is 4.73. The van der Waals surface area contributed by atoms with Crippen LogP contribution < -0.4 is 21.3 Å². The number of anilines is 2. The van der Waals surface area contributed by atoms with E-state index in [4.69, 9.17) is 10.6 Å². The van der Waals surface area contributed by atoms with Crippen LogP contribution in [-0.4, -0.2) is 27.6 Å². The van der Waals surface area contributed by atoms with Gasteiger partial charge in [0.15, 0.2) is 0 Å². The van der Waals surface area contributed by atoms with Gasteiger partial charge in [0.25, 0.3) is 0 Å². The minimum Gasteiger partial charge on any atom is -0.461 e. The SMILES string of the molecule is CC(C)Oc1nc(NN)nc(NCC2CCCC2)n1. The van der Waals surface area contributed by atoms with Crippen LogP contribution in [0.3, 0.4) is 0 Å². The fourth-order valence-corrected chi connectivity index (χ4v) is 2.21. The Bertz CT molecular complexity index is 405. The Hall–Kier alpha value is -1.63. The van der Waals surface area contributed by atoms with Crippen LogP contribution in [0.1, 0.15) is 39.5 Å². The molecule has 0 radical (unpaired) electrons. The standard InChI is InChI=1S/C12H22N6O/c1-8(2)19-12-16-10(15-11(17-12)18-13)14-7-9-5-3-4-6-9/h8-9H,3-7,13H2,1-2H3,(H2,14,15,16,17,18). The summed E-state index contributed by atoms with van der Waals surface area (Å²) in [6, 6.07) is 0.284. The van der Waals surface area contributed by atoms with E-state index in [1.807, 2.05) is 13.8 Å². The minimum absolute atomic E-state index is 0.00991. The molecule has 1 aliphatic carbocycles. The first-order chi connectivity index (χ1) is 9.17. The fourth-order valence-electron chi connectivity index (χ4n) is 2.21. The fraction of sp³-hybridized carbons (Fsp3) is 0.750. The van der Waals surface area contributed by atoms with Crippen LogP contribution in [-0.2, 0) is 0 Å². The molecule has 1 saturated carbocycles. The summed E-state index contributed by atoms with van der Waals surface area (Å²) in [5, 5.41) is 3.24. The van der Waals surface area contributed by atoms with Gasteiger partial charge in [0.1, 0.15) is 0 Å². The van der Waals surface area contributed by atoms with E-state index in [0.717, 1.165) is 6.54 Å². The van der Waals surface area contributed by atoms with Crippen molar-refractivity contribution in [3.63, 3.8) is 0 Å². The number of hydrogen-bond donors (Lipinski definition) is 3. The predicted octanol–water partition coefficient (Wildman–Crippen LogP) is 1.55. The maximum absolute atomic E-state index is 5.47. The largest absolute Gasteiger partial charge is 0.461 e. The second kappa shape index (κ2) is 6.51. The quantitative estimate of drug-likeness (QED) is 0.530. The number of nitrogens with zero attached hydrogens (tertiary/aromatic N) is 3. The summed E-state index contributed by atoms with van der Waals surface area (Å²) >= 11 is 0. The zero-order chi connectivity index (χ0) is 13.7. The molecular formula is C12H22N6O. The first-order valence-corrected chi connectivity index (χ1v) is 6.80. The summed E-state index contributed by atoms with van der Waals surface area (Å²) in [7, 11) is 0. The van der Waals surface area contributed by atoms with Gasteiger partial charge in [0.2, 0.25) is 11.9 Å². The third kappa shape index (κ3) is 4.20. The second-order valence-corrected chi connectivity index (χ2v) is 5.11. The Morgan fingerprint density at radius 3 is 2.53 bits per heavy atom. The molecule has 1 aliphatic rings. The van der Waals surface area contributed by atoms with Crippen molar-refractivity contribution < 1.29 is 4.74 Å². The molecule has 4 N–H and O–H groups in total. The number of rotatable bonds is 6. The van der Waals surface area contributed by atoms with Crippen molar-refractivity contribution in [2.45, 2.75) is 45.6 Å². The Labute approximate surface area is 113 Å². The number of aromatic nitrogens is 3. The number of nitrogens with two attached hydrogens (primary N) is 1. The van der Waals surface area contributed by atoms with Crippen molar-refractivity contribution in [3.8, 4) is 6.01 Å². The number of ether oxygens (including phenoxy) is 1. The number of nitrogen functional groups attached to an aromatic ring is 1. The zero-order valence-corrected chi connectivity index (χ0v) is 11.5. The van der Waals surface area contributed by atoms with Crippen molar-refractivity contribution in [2.24, 2.45) is 11.8 Å². The van der Waals surface area contributed by atoms with E-state index in [2.05, 4.69) is 25.7 Å². The van der Waals surface area contributed by atoms with Crippen LogP contribution in [0, 0.1) is 5.92 Å². The molecule has 1 heterocycles. The normalized spacial score (nSPS) is 15.8. The molecule has 0 bridgehead atoms. The third-order valence-corrected chi connectivity index (χ3v) is 3.11. The summed E-state index contributed by atoms with van der Waals surface area (Å²) in [4.78, 5) is 12.5. The highest BCUT2D eigenvalue weighted by atomic mass is 16.5. The molecule has 0 spiro atoms. The van der Waals surface area contributed by atoms with Gasteiger partial charge in [0.05, 0.1) is 6.10 Å². The van der Waals surface area contributed by atoms with Crippen LogP contribution in [0.15, 0.2) is 0 Å². The van der Waals surface area contributed by atoms with E-state index < -0.39 is 0 Å². The van der Waals surface area contributed by atoms with Gasteiger partial charge in [-0.2, -0.15) is 15.0 Å². The van der Waals surface area contributed by atoms with Crippen molar-refractivity contribution in [1.29, 1.82) is 0 Å². The van der Waals surface area contributed by atoms with Crippen molar-refractivity contribution in [2.75, 3.05) is 17.3 Å². The summed E-state index contributed by atoms with van der Waals surface area (Å²) < 4.78 is 5.47. The first kappa shape index (κ1) is 13.8. The zero-order valence-electron chi connectivity index (χ0n) is 11.5. The van der Waals surface area contributed by atoms with Gasteiger partial charge in [-0.1, -0.05) is 12.8 Å². The van der Waals surface area contributed by atoms with Gasteiger partial charge in [-0.05, 0) is 32.6 Å². The lowest BCUT2D eigenvalue weighted by atomic mass is 10.1. The van der Waals surface area contributed by atoms with Crippen LogP contribution >= 0.6 is 0 Å². The lowest BCUT2D eigenvalue weighted by molar-refractivity contribution is 0.222. The molecule has 19 heavy (non-hydrogen) atoms. The third-order valence-electron chi connectivity index (χ3n) is 3.11. The number of hydrazine groups is 1. The summed E-state index contributed by atoms with van der Waals surface area (Å²) in [5.74, 6) is 6.87. The van der Waals surface area contributed by atoms with Crippen molar-refractivity contribution >= 4 is 11.9 Å². The lowest BCUT2D eigenvalue weighted by Gasteiger charge is -2.13. The molecule has 1 aromatic heterocycles. The smallest absolute Gasteiger partial charge is 0.323 e. The Morgan fingerprint density at radius 2 is 1.89 bits per heavy atom. The maximum atomic E-state index is 5.47. The first-order valence-electron chi connectivity index (χ1n) is 6.80. The van der Waals surface area contributed by atoms with E-state index in [1.54, 1.807) is 0 Å². The molecule has 0 unspecified atom stereocenters. The molecule has 1 aromatic rings. The van der Waals surface area contributed by atoms with Gasteiger partial charge in [0, 0.05) is 6.54 Å². The Morgan fingerprint density at radius 1 is 1.21 bits per heavy atom. The molecule has 0 atom stereocenters. The van der Waals surface area contributed by atoms with Gasteiger partial charge in [-0.25, -0.2) is 5.84 Å². The van der Waals surface area contributed by atoms with Crippen molar-refractivity contribution in [1.82, 2.24) is 15.0 Å². The molecule has 7 nitrogen and oxygen atoms in total. The molecule has 2 rings (SSSR count). The van der Waals surface area contributed by atoms with Gasteiger partial charge in [-0.15, -0.1) is 0 Å². The van der Waals surface area contributed by atoms with E-state index in [1.165, 1.54) is 25.7 Å². The molecule has 0 amide bonds. The molecule has 106 valence electrons. The van der Waals surface area contributed by atoms with E-state index >= 15 is 0 Å². The monoisotopic (exact) mass is 266 g/mol. The predicted molar refractivity (Wildman–Crippen MR) is 73.8 cm³/mol. The number of nitrogens with one attached hydrogen (secondary N) is 2. The van der Waals surface area contributed by atoms with Gasteiger partial charge < -0.3 is 10.1 Å². The maximum Gasteiger partial charge on any atom is 0.323 e. The van der Waals surface area contributed by atoms with Gasteiger partial charge >= 0.3 is 6.01 Å². The Balaban J connectivity index is 2.00. The Kier molecular flexibility index (Phi) is 4.73. The van der Waals surface area contributed by atoms with Crippen molar-refractivity contribution in [3.05, 3.63) is 0 Å². The number of hydrogen-bond acceptors (Lipinski definition) is 7. The molecule has 0 aromatic carbocycles. The minimum atomic E-state index is 0.00991. The average molecular weight is 266 g/mol. The van der Waals surface area contributed by atoms with Crippen LogP contribution in [0.2, 0.25) is 0 Å². The molecule has 0 aliphatic heterocycles. The highest BCUT2D eigenvalue weighted by Crippen LogP contribution is 2.24. The molecular weight excluding hydrogens is 244 g/mol. The van der Waals surface area contributed by atoms with Crippen LogP contribution in [0.4, 0.5) is 11.9 Å². The molecule has 0 saturated heterocycles. The molecule has 7 heteroatoms. The topological polar surface area (TPSA) is 98.0 Å². The van der Waals surface area contributed by atoms with E-state index in [0.29, 0.717) is 17.8 Å². The van der Waals surface area contributed by atoms with Gasteiger partial charge in [-0.3, -0.25) is 5.43 Å².